The Bertz CT molecular complexity index is 1220. The number of nitrogens with one attached hydrogen (secondary N) is 1. The van der Waals surface area contributed by atoms with Crippen LogP contribution in [0.2, 0.25) is 5.02 Å². The van der Waals surface area contributed by atoms with E-state index in [4.69, 9.17) is 20.9 Å². The van der Waals surface area contributed by atoms with E-state index in [-0.39, 0.29) is 18.2 Å². The van der Waals surface area contributed by atoms with Crippen LogP contribution >= 0.6 is 11.6 Å². The quantitative estimate of drug-likeness (QED) is 0.439. The third-order valence-corrected chi connectivity index (χ3v) is 4.90. The summed E-state index contributed by atoms with van der Waals surface area (Å²) in [6, 6.07) is 15.2. The van der Waals surface area contributed by atoms with Crippen LogP contribution in [0.1, 0.15) is 32.9 Å². The highest BCUT2D eigenvalue weighted by molar-refractivity contribution is 6.30. The molecule has 0 unspecified atom stereocenters. The zero-order valence-corrected chi connectivity index (χ0v) is 17.9. The van der Waals surface area contributed by atoms with Crippen molar-refractivity contribution in [2.75, 3.05) is 5.32 Å². The van der Waals surface area contributed by atoms with Crippen LogP contribution in [-0.4, -0.2) is 20.8 Å². The monoisotopic (exact) mass is 436 g/mol. The molecule has 8 heteroatoms. The third-order valence-electron chi connectivity index (χ3n) is 4.70. The first-order valence-corrected chi connectivity index (χ1v) is 10.1. The predicted octanol–water partition coefficient (Wildman–Crippen LogP) is 5.02. The fourth-order valence-electron chi connectivity index (χ4n) is 3.15. The fourth-order valence-corrected chi connectivity index (χ4v) is 3.31. The summed E-state index contributed by atoms with van der Waals surface area (Å²) in [6.45, 7) is 4.47. The van der Waals surface area contributed by atoms with E-state index >= 15 is 0 Å². The summed E-state index contributed by atoms with van der Waals surface area (Å²) in [5.41, 5.74) is 3.52. The molecular formula is C23H21ClN4O3. The zero-order valence-electron chi connectivity index (χ0n) is 17.1. The number of carbonyl (C=O) groups excluding carboxylic acids is 1. The summed E-state index contributed by atoms with van der Waals surface area (Å²) in [6.07, 6.45) is 3.33. The summed E-state index contributed by atoms with van der Waals surface area (Å²) in [5.74, 6) is 0.902. The van der Waals surface area contributed by atoms with Crippen molar-refractivity contribution in [1.29, 1.82) is 0 Å². The molecule has 0 fully saturated rings. The Labute approximate surface area is 184 Å². The number of hydrogen-bond acceptors (Lipinski definition) is 5. The molecule has 1 N–H and O–H groups in total. The maximum Gasteiger partial charge on any atom is 0.278 e. The van der Waals surface area contributed by atoms with Crippen molar-refractivity contribution in [2.24, 2.45) is 0 Å². The van der Waals surface area contributed by atoms with Crippen LogP contribution in [0.25, 0.3) is 0 Å². The molecule has 0 radical (unpaired) electrons. The molecule has 2 aromatic heterocycles. The number of amides is 1. The molecule has 0 aliphatic rings. The molecule has 0 aliphatic heterocycles. The van der Waals surface area contributed by atoms with Gasteiger partial charge < -0.3 is 14.6 Å². The second-order valence-corrected chi connectivity index (χ2v) is 7.62. The van der Waals surface area contributed by atoms with E-state index in [1.54, 1.807) is 24.0 Å². The van der Waals surface area contributed by atoms with Crippen LogP contribution < -0.4 is 10.1 Å². The summed E-state index contributed by atoms with van der Waals surface area (Å²) >= 11 is 5.92. The molecule has 4 aromatic rings. The van der Waals surface area contributed by atoms with Crippen LogP contribution in [0.4, 0.5) is 5.69 Å². The maximum atomic E-state index is 12.9. The van der Waals surface area contributed by atoms with Crippen molar-refractivity contribution >= 4 is 23.2 Å². The van der Waals surface area contributed by atoms with E-state index in [0.717, 1.165) is 16.9 Å². The van der Waals surface area contributed by atoms with Crippen LogP contribution in [-0.2, 0) is 13.2 Å². The van der Waals surface area contributed by atoms with Crippen molar-refractivity contribution < 1.29 is 14.1 Å². The summed E-state index contributed by atoms with van der Waals surface area (Å²) < 4.78 is 12.8. The first kappa shape index (κ1) is 20.7. The number of aryl methyl sites for hydroxylation is 2. The van der Waals surface area contributed by atoms with Gasteiger partial charge in [-0.2, -0.15) is 5.10 Å². The average molecular weight is 437 g/mol. The molecule has 0 aliphatic carbocycles. The Kier molecular flexibility index (Phi) is 6.04. The Morgan fingerprint density at radius 2 is 2.03 bits per heavy atom. The van der Waals surface area contributed by atoms with Gasteiger partial charge >= 0.3 is 0 Å². The molecular weight excluding hydrogens is 416 g/mol. The SMILES string of the molecule is Cc1cccc(OCc2c(C(=O)Nc3cccc(Cn4cc(Cl)cn4)c3)noc2C)c1. The summed E-state index contributed by atoms with van der Waals surface area (Å²) in [7, 11) is 0. The minimum absolute atomic E-state index is 0.182. The van der Waals surface area contributed by atoms with E-state index < -0.39 is 0 Å². The highest BCUT2D eigenvalue weighted by atomic mass is 35.5. The van der Waals surface area contributed by atoms with Gasteiger partial charge in [0.25, 0.3) is 5.91 Å². The third kappa shape index (κ3) is 5.13. The van der Waals surface area contributed by atoms with E-state index in [0.29, 0.717) is 28.6 Å². The van der Waals surface area contributed by atoms with Crippen LogP contribution in [0.15, 0.2) is 65.4 Å². The number of aromatic nitrogens is 3. The highest BCUT2D eigenvalue weighted by Crippen LogP contribution is 2.20. The Morgan fingerprint density at radius 1 is 1.19 bits per heavy atom. The van der Waals surface area contributed by atoms with Crippen molar-refractivity contribution in [3.05, 3.63) is 94.1 Å². The molecule has 31 heavy (non-hydrogen) atoms. The van der Waals surface area contributed by atoms with E-state index in [2.05, 4.69) is 15.6 Å². The molecule has 0 saturated carbocycles. The van der Waals surface area contributed by atoms with Gasteiger partial charge in [-0.1, -0.05) is 41.0 Å². The molecule has 2 aromatic carbocycles. The van der Waals surface area contributed by atoms with Crippen molar-refractivity contribution in [1.82, 2.24) is 14.9 Å². The normalized spacial score (nSPS) is 10.8. The number of anilines is 1. The van der Waals surface area contributed by atoms with Gasteiger partial charge in [0.1, 0.15) is 18.1 Å². The Morgan fingerprint density at radius 3 is 2.81 bits per heavy atom. The summed E-state index contributed by atoms with van der Waals surface area (Å²) in [4.78, 5) is 12.9. The molecule has 0 atom stereocenters. The van der Waals surface area contributed by atoms with E-state index in [1.807, 2.05) is 55.5 Å². The van der Waals surface area contributed by atoms with Gasteiger partial charge in [0.15, 0.2) is 5.69 Å². The lowest BCUT2D eigenvalue weighted by Gasteiger charge is -2.09. The largest absolute Gasteiger partial charge is 0.489 e. The molecule has 4 rings (SSSR count). The molecule has 0 spiro atoms. The minimum Gasteiger partial charge on any atom is -0.489 e. The second kappa shape index (κ2) is 9.06. The van der Waals surface area contributed by atoms with Gasteiger partial charge in [0.05, 0.1) is 23.3 Å². The van der Waals surface area contributed by atoms with E-state index in [1.165, 1.54) is 0 Å². The molecule has 158 valence electrons. The van der Waals surface area contributed by atoms with Crippen molar-refractivity contribution in [3.8, 4) is 5.75 Å². The number of ether oxygens (including phenoxy) is 1. The van der Waals surface area contributed by atoms with Crippen LogP contribution in [0.3, 0.4) is 0 Å². The topological polar surface area (TPSA) is 82.2 Å². The number of carbonyl (C=O) groups is 1. The Hall–Kier alpha value is -3.58. The zero-order chi connectivity index (χ0) is 21.8. The van der Waals surface area contributed by atoms with Crippen LogP contribution in [0, 0.1) is 13.8 Å². The smallest absolute Gasteiger partial charge is 0.278 e. The molecule has 7 nitrogen and oxygen atoms in total. The second-order valence-electron chi connectivity index (χ2n) is 7.18. The first-order valence-electron chi connectivity index (χ1n) is 9.71. The lowest BCUT2D eigenvalue weighted by Crippen LogP contribution is -2.15. The number of rotatable bonds is 7. The van der Waals surface area contributed by atoms with Gasteiger partial charge in [-0.3, -0.25) is 9.48 Å². The fraction of sp³-hybridized carbons (Fsp3) is 0.174. The van der Waals surface area contributed by atoms with Gasteiger partial charge in [-0.15, -0.1) is 0 Å². The standard InChI is InChI=1S/C23H21ClN4O3/c1-15-5-3-8-20(9-15)30-14-21-16(2)31-27-22(21)23(29)26-19-7-4-6-17(10-19)12-28-13-18(24)11-25-28/h3-11,13H,12,14H2,1-2H3,(H,26,29). The lowest BCUT2D eigenvalue weighted by atomic mass is 10.1. The lowest BCUT2D eigenvalue weighted by molar-refractivity contribution is 0.101. The number of benzene rings is 2. The van der Waals surface area contributed by atoms with Crippen molar-refractivity contribution in [3.63, 3.8) is 0 Å². The maximum absolute atomic E-state index is 12.9. The Balaban J connectivity index is 1.46. The van der Waals surface area contributed by atoms with Gasteiger partial charge in [-0.05, 0) is 49.2 Å². The average Bonchev–Trinajstić information content (AvgIpc) is 3.31. The molecule has 0 bridgehead atoms. The molecule has 0 saturated heterocycles. The summed E-state index contributed by atoms with van der Waals surface area (Å²) in [5, 5.41) is 11.6. The van der Waals surface area contributed by atoms with Crippen LogP contribution in [0.5, 0.6) is 5.75 Å². The highest BCUT2D eigenvalue weighted by Gasteiger charge is 2.20. The first-order chi connectivity index (χ1) is 15.0. The number of nitrogens with zero attached hydrogens (tertiary/aromatic N) is 3. The van der Waals surface area contributed by atoms with E-state index in [9.17, 15) is 4.79 Å². The van der Waals surface area contributed by atoms with Crippen molar-refractivity contribution in [2.45, 2.75) is 27.0 Å². The van der Waals surface area contributed by atoms with Gasteiger partial charge in [-0.25, -0.2) is 0 Å². The van der Waals surface area contributed by atoms with Gasteiger partial charge in [0.2, 0.25) is 0 Å². The minimum atomic E-state index is -0.362. The number of halogens is 1. The molecule has 2 heterocycles. The number of hydrogen-bond donors (Lipinski definition) is 1. The van der Waals surface area contributed by atoms with Gasteiger partial charge in [0, 0.05) is 11.9 Å². The molecule has 1 amide bonds. The predicted molar refractivity (Wildman–Crippen MR) is 117 cm³/mol.